The van der Waals surface area contributed by atoms with Gasteiger partial charge < -0.3 is 23.7 Å². The maximum absolute atomic E-state index is 13.0. The Morgan fingerprint density at radius 2 is 1.00 bits per heavy atom. The zero-order valence-electron chi connectivity index (χ0n) is 16.5. The molecule has 0 N–H and O–H groups in total. The molecule has 1 saturated heterocycles. The van der Waals surface area contributed by atoms with Crippen LogP contribution < -0.4 is 0 Å². The summed E-state index contributed by atoms with van der Waals surface area (Å²) >= 11 is 0. The Kier molecular flexibility index (Phi) is 10.9. The topological polar surface area (TPSA) is 83.5 Å². The number of ether oxygens (including phenoxy) is 5. The second kappa shape index (κ2) is 13.2. The molecule has 1 aliphatic rings. The van der Waals surface area contributed by atoms with Crippen LogP contribution in [-0.4, -0.2) is 91.9 Å². The molecule has 0 radical (unpaired) electrons. The highest BCUT2D eigenvalue weighted by Gasteiger charge is 2.24. The summed E-state index contributed by atoms with van der Waals surface area (Å²) in [5.74, 6) is 0. The summed E-state index contributed by atoms with van der Waals surface area (Å²) in [6.45, 7) is 6.65. The van der Waals surface area contributed by atoms with Gasteiger partial charge in [-0.1, -0.05) is 17.7 Å². The van der Waals surface area contributed by atoms with Crippen molar-refractivity contribution in [1.82, 2.24) is 4.31 Å². The molecule has 0 unspecified atom stereocenters. The monoisotopic (exact) mass is 417 g/mol. The Morgan fingerprint density at radius 1 is 0.643 bits per heavy atom. The van der Waals surface area contributed by atoms with Crippen molar-refractivity contribution >= 4 is 10.0 Å². The van der Waals surface area contributed by atoms with Crippen molar-refractivity contribution in [3.05, 3.63) is 29.8 Å². The summed E-state index contributed by atoms with van der Waals surface area (Å²) in [5.41, 5.74) is 1.01. The van der Waals surface area contributed by atoms with Crippen LogP contribution in [0.1, 0.15) is 5.56 Å². The first kappa shape index (κ1) is 23.2. The normalized spacial score (nSPS) is 20.9. The standard InChI is InChI=1S/C19H31NO7S/c1-18-2-4-19(5-3-18)28(21,22)20-6-8-23-10-12-25-14-16-27-17-15-26-13-11-24-9-7-20/h2-5H,6-17H2,1H3. The van der Waals surface area contributed by atoms with E-state index in [2.05, 4.69) is 0 Å². The van der Waals surface area contributed by atoms with Crippen molar-refractivity contribution < 1.29 is 32.1 Å². The highest BCUT2D eigenvalue weighted by Crippen LogP contribution is 2.16. The van der Waals surface area contributed by atoms with Crippen LogP contribution >= 0.6 is 0 Å². The average Bonchev–Trinajstić information content (AvgIpc) is 2.68. The molecule has 160 valence electrons. The molecule has 0 saturated carbocycles. The first-order valence-electron chi connectivity index (χ1n) is 9.56. The van der Waals surface area contributed by atoms with E-state index in [1.807, 2.05) is 6.92 Å². The molecule has 0 atom stereocenters. The predicted octanol–water partition coefficient (Wildman–Crippen LogP) is 1.08. The molecule has 1 fully saturated rings. The highest BCUT2D eigenvalue weighted by molar-refractivity contribution is 7.89. The number of rotatable bonds is 2. The van der Waals surface area contributed by atoms with Crippen LogP contribution in [0.3, 0.4) is 0 Å². The van der Waals surface area contributed by atoms with E-state index in [-0.39, 0.29) is 31.2 Å². The Labute approximate surface area is 167 Å². The zero-order chi connectivity index (χ0) is 20.1. The molecule has 9 heteroatoms. The largest absolute Gasteiger partial charge is 0.378 e. The van der Waals surface area contributed by atoms with E-state index in [0.717, 1.165) is 5.56 Å². The van der Waals surface area contributed by atoms with Gasteiger partial charge in [0, 0.05) is 13.1 Å². The number of hydrogen-bond acceptors (Lipinski definition) is 7. The van der Waals surface area contributed by atoms with Crippen LogP contribution in [0.4, 0.5) is 0 Å². The molecule has 8 nitrogen and oxygen atoms in total. The van der Waals surface area contributed by atoms with Crippen LogP contribution in [0.5, 0.6) is 0 Å². The van der Waals surface area contributed by atoms with E-state index < -0.39 is 10.0 Å². The summed E-state index contributed by atoms with van der Waals surface area (Å²) in [7, 11) is -3.61. The minimum atomic E-state index is -3.61. The quantitative estimate of drug-likeness (QED) is 0.712. The van der Waals surface area contributed by atoms with Crippen molar-refractivity contribution in [2.45, 2.75) is 11.8 Å². The molecular weight excluding hydrogens is 386 g/mol. The second-order valence-electron chi connectivity index (χ2n) is 6.28. The number of nitrogens with zero attached hydrogens (tertiary/aromatic N) is 1. The predicted molar refractivity (Wildman–Crippen MR) is 104 cm³/mol. The molecule has 0 bridgehead atoms. The lowest BCUT2D eigenvalue weighted by molar-refractivity contribution is -0.0151. The lowest BCUT2D eigenvalue weighted by Crippen LogP contribution is -2.37. The summed E-state index contributed by atoms with van der Waals surface area (Å²) in [4.78, 5) is 0.270. The van der Waals surface area contributed by atoms with Crippen molar-refractivity contribution in [2.75, 3.05) is 79.2 Å². The smallest absolute Gasteiger partial charge is 0.243 e. The highest BCUT2D eigenvalue weighted by atomic mass is 32.2. The van der Waals surface area contributed by atoms with Gasteiger partial charge in [-0.2, -0.15) is 4.31 Å². The Bertz CT molecular complexity index is 618. The van der Waals surface area contributed by atoms with Crippen molar-refractivity contribution in [2.24, 2.45) is 0 Å². The number of benzene rings is 1. The van der Waals surface area contributed by atoms with Gasteiger partial charge in [0.2, 0.25) is 10.0 Å². The molecule has 0 aromatic heterocycles. The fraction of sp³-hybridized carbons (Fsp3) is 0.684. The van der Waals surface area contributed by atoms with Gasteiger partial charge in [-0.3, -0.25) is 0 Å². The van der Waals surface area contributed by atoms with E-state index in [4.69, 9.17) is 23.7 Å². The molecule has 0 spiro atoms. The van der Waals surface area contributed by atoms with Gasteiger partial charge in [0.05, 0.1) is 71.0 Å². The van der Waals surface area contributed by atoms with Gasteiger partial charge in [0.15, 0.2) is 0 Å². The van der Waals surface area contributed by atoms with Gasteiger partial charge in [-0.25, -0.2) is 8.42 Å². The first-order chi connectivity index (χ1) is 13.6. The lowest BCUT2D eigenvalue weighted by atomic mass is 10.2. The molecule has 0 amide bonds. The third kappa shape index (κ3) is 8.52. The average molecular weight is 418 g/mol. The van der Waals surface area contributed by atoms with Crippen LogP contribution in [0.15, 0.2) is 29.2 Å². The number of sulfonamides is 1. The third-order valence-electron chi connectivity index (χ3n) is 4.12. The number of hydrogen-bond donors (Lipinski definition) is 0. The van der Waals surface area contributed by atoms with E-state index in [1.165, 1.54) is 4.31 Å². The van der Waals surface area contributed by atoms with E-state index >= 15 is 0 Å². The minimum absolute atomic E-state index is 0.249. The van der Waals surface area contributed by atoms with E-state index in [0.29, 0.717) is 52.9 Å². The lowest BCUT2D eigenvalue weighted by Gasteiger charge is -2.22. The van der Waals surface area contributed by atoms with Crippen LogP contribution in [0.25, 0.3) is 0 Å². The molecule has 1 aromatic rings. The van der Waals surface area contributed by atoms with Gasteiger partial charge in [-0.05, 0) is 19.1 Å². The van der Waals surface area contributed by atoms with E-state index in [1.54, 1.807) is 24.3 Å². The second-order valence-corrected chi connectivity index (χ2v) is 8.22. The summed E-state index contributed by atoms with van der Waals surface area (Å²) in [6, 6.07) is 6.84. The molecule has 0 aliphatic carbocycles. The summed E-state index contributed by atoms with van der Waals surface area (Å²) < 4.78 is 54.6. The van der Waals surface area contributed by atoms with Crippen molar-refractivity contribution in [3.63, 3.8) is 0 Å². The number of aryl methyl sites for hydroxylation is 1. The van der Waals surface area contributed by atoms with Crippen molar-refractivity contribution in [1.29, 1.82) is 0 Å². The van der Waals surface area contributed by atoms with Crippen LogP contribution in [0, 0.1) is 6.92 Å². The fourth-order valence-corrected chi connectivity index (χ4v) is 3.93. The molecular formula is C19H31NO7S. The molecule has 1 aromatic carbocycles. The van der Waals surface area contributed by atoms with Crippen LogP contribution in [-0.2, 0) is 33.7 Å². The molecule has 2 rings (SSSR count). The maximum atomic E-state index is 13.0. The first-order valence-corrected chi connectivity index (χ1v) is 11.0. The van der Waals surface area contributed by atoms with Crippen LogP contribution in [0.2, 0.25) is 0 Å². The third-order valence-corrected chi connectivity index (χ3v) is 6.03. The summed E-state index contributed by atoms with van der Waals surface area (Å²) in [5, 5.41) is 0. The van der Waals surface area contributed by atoms with Gasteiger partial charge >= 0.3 is 0 Å². The van der Waals surface area contributed by atoms with Gasteiger partial charge in [-0.15, -0.1) is 0 Å². The Morgan fingerprint density at radius 3 is 1.39 bits per heavy atom. The van der Waals surface area contributed by atoms with Gasteiger partial charge in [0.25, 0.3) is 0 Å². The maximum Gasteiger partial charge on any atom is 0.243 e. The Hall–Kier alpha value is -1.07. The van der Waals surface area contributed by atoms with Crippen molar-refractivity contribution in [3.8, 4) is 0 Å². The van der Waals surface area contributed by atoms with E-state index in [9.17, 15) is 8.42 Å². The van der Waals surface area contributed by atoms with Gasteiger partial charge in [0.1, 0.15) is 0 Å². The molecule has 28 heavy (non-hydrogen) atoms. The zero-order valence-corrected chi connectivity index (χ0v) is 17.3. The minimum Gasteiger partial charge on any atom is -0.378 e. The fourth-order valence-electron chi connectivity index (χ4n) is 2.53. The SMILES string of the molecule is Cc1ccc(S(=O)(=O)N2CCOCCOCCOCCOCCOCC2)cc1. The molecule has 1 aliphatic heterocycles. The summed E-state index contributed by atoms with van der Waals surface area (Å²) in [6.07, 6.45) is 0. The molecule has 1 heterocycles. The Balaban J connectivity index is 1.94.